The van der Waals surface area contributed by atoms with Gasteiger partial charge in [0.2, 0.25) is 5.91 Å². The number of nitrogens with one attached hydrogen (secondary N) is 5. The van der Waals surface area contributed by atoms with Crippen molar-refractivity contribution in [2.75, 3.05) is 32.0 Å². The predicted octanol–water partition coefficient (Wildman–Crippen LogP) is 2.40. The Labute approximate surface area is 160 Å². The smallest absolute Gasteiger partial charge is 0.219 e. The molecule has 1 aromatic rings. The summed E-state index contributed by atoms with van der Waals surface area (Å²) in [6.07, 6.45) is 3.85. The molecule has 0 atom stereocenters. The van der Waals surface area contributed by atoms with Crippen molar-refractivity contribution in [2.24, 2.45) is 0 Å². The molecule has 1 aliphatic heterocycles. The minimum Gasteiger partial charge on any atom is -0.391 e. The Balaban J connectivity index is 2.14. The van der Waals surface area contributed by atoms with Crippen LogP contribution in [-0.4, -0.2) is 49.5 Å². The number of anilines is 1. The molecule has 0 aromatic heterocycles. The maximum atomic E-state index is 11.7. The lowest BCUT2D eigenvalue weighted by molar-refractivity contribution is -0.128. The van der Waals surface area contributed by atoms with Gasteiger partial charge >= 0.3 is 0 Å². The van der Waals surface area contributed by atoms with Crippen molar-refractivity contribution >= 4 is 29.2 Å². The summed E-state index contributed by atoms with van der Waals surface area (Å²) < 4.78 is 0. The number of benzene rings is 1. The van der Waals surface area contributed by atoms with Gasteiger partial charge < -0.3 is 26.3 Å². The number of rotatable bonds is 7. The molecule has 0 saturated carbocycles. The summed E-state index contributed by atoms with van der Waals surface area (Å²) in [6, 6.07) is 7.61. The molecule has 7 heteroatoms. The molecular formula is C20H28N6O. The van der Waals surface area contributed by atoms with E-state index in [0.717, 1.165) is 34.6 Å². The van der Waals surface area contributed by atoms with Gasteiger partial charge in [0.1, 0.15) is 5.84 Å². The quantitative estimate of drug-likeness (QED) is 0.376. The number of carbonyl (C=O) groups excluding carboxylic acids is 1. The highest BCUT2D eigenvalue weighted by molar-refractivity contribution is 6.09. The van der Waals surface area contributed by atoms with Crippen molar-refractivity contribution in [2.45, 2.75) is 20.3 Å². The summed E-state index contributed by atoms with van der Waals surface area (Å²) in [5, 5.41) is 25.4. The third-order valence-corrected chi connectivity index (χ3v) is 4.50. The molecule has 1 heterocycles. The van der Waals surface area contributed by atoms with Gasteiger partial charge in [-0.2, -0.15) is 0 Å². The van der Waals surface area contributed by atoms with Crippen molar-refractivity contribution in [3.8, 4) is 0 Å². The van der Waals surface area contributed by atoms with E-state index in [2.05, 4.69) is 16.0 Å². The van der Waals surface area contributed by atoms with Crippen molar-refractivity contribution in [3.05, 3.63) is 47.3 Å². The number of hydrogen-bond acceptors (Lipinski definition) is 5. The molecule has 1 aliphatic rings. The van der Waals surface area contributed by atoms with Crippen molar-refractivity contribution in [1.82, 2.24) is 15.5 Å². The highest BCUT2D eigenvalue weighted by Crippen LogP contribution is 2.20. The maximum absolute atomic E-state index is 11.7. The summed E-state index contributed by atoms with van der Waals surface area (Å²) in [5.74, 6) is 0.306. The van der Waals surface area contributed by atoms with Gasteiger partial charge in [-0.25, -0.2) is 0 Å². The van der Waals surface area contributed by atoms with Gasteiger partial charge in [-0.05, 0) is 24.6 Å². The summed E-state index contributed by atoms with van der Waals surface area (Å²) in [5.41, 5.74) is 4.30. The number of amidine groups is 1. The first kappa shape index (κ1) is 20.2. The van der Waals surface area contributed by atoms with Crippen LogP contribution >= 0.6 is 0 Å². The van der Waals surface area contributed by atoms with Gasteiger partial charge in [0.15, 0.2) is 0 Å². The van der Waals surface area contributed by atoms with Gasteiger partial charge in [0, 0.05) is 68.4 Å². The molecule has 0 aliphatic carbocycles. The summed E-state index contributed by atoms with van der Waals surface area (Å²) in [4.78, 5) is 13.4. The summed E-state index contributed by atoms with van der Waals surface area (Å²) in [6.45, 7) is 5.46. The second-order valence-electron chi connectivity index (χ2n) is 6.28. The minimum atomic E-state index is 0.0199. The molecule has 0 radical (unpaired) electrons. The first-order valence-corrected chi connectivity index (χ1v) is 9.05. The molecule has 0 saturated heterocycles. The van der Waals surface area contributed by atoms with Crippen LogP contribution < -0.4 is 16.0 Å². The van der Waals surface area contributed by atoms with Gasteiger partial charge in [0.05, 0.1) is 6.54 Å². The lowest BCUT2D eigenvalue weighted by atomic mass is 10.0. The first-order chi connectivity index (χ1) is 13.0. The molecule has 1 aromatic carbocycles. The van der Waals surface area contributed by atoms with Crippen LogP contribution in [0, 0.1) is 10.8 Å². The van der Waals surface area contributed by atoms with Crippen LogP contribution in [-0.2, 0) is 4.79 Å². The average Bonchev–Trinajstić information content (AvgIpc) is 2.69. The molecule has 7 nitrogen and oxygen atoms in total. The molecule has 0 unspecified atom stereocenters. The monoisotopic (exact) mass is 368 g/mol. The third kappa shape index (κ3) is 5.20. The molecule has 2 rings (SSSR count). The Bertz CT molecular complexity index is 763. The standard InChI is InChI=1S/C20H28N6O/c1-4-24-12-16(11-21)15-5-7-17(8-6-15)25-20(22)18-13-26(14(2)27)10-9-19(18)23-3/h5-8,11-12,21,23-24H,4,9-10,13H2,1-3H3,(H2,22,25)/b16-12+,21-11?. The largest absolute Gasteiger partial charge is 0.391 e. The number of allylic oxidation sites excluding steroid dienone is 1. The summed E-state index contributed by atoms with van der Waals surface area (Å²) >= 11 is 0. The Morgan fingerprint density at radius 1 is 1.30 bits per heavy atom. The zero-order chi connectivity index (χ0) is 19.8. The fourth-order valence-electron chi connectivity index (χ4n) is 2.92. The molecular weight excluding hydrogens is 340 g/mol. The fourth-order valence-corrected chi connectivity index (χ4v) is 2.92. The van der Waals surface area contributed by atoms with Crippen molar-refractivity contribution in [1.29, 1.82) is 10.8 Å². The first-order valence-electron chi connectivity index (χ1n) is 9.05. The van der Waals surface area contributed by atoms with Crippen LogP contribution in [0.2, 0.25) is 0 Å². The van der Waals surface area contributed by atoms with Crippen LogP contribution in [0.4, 0.5) is 5.69 Å². The number of carbonyl (C=O) groups is 1. The van der Waals surface area contributed by atoms with E-state index < -0.39 is 0 Å². The molecule has 0 fully saturated rings. The highest BCUT2D eigenvalue weighted by Gasteiger charge is 2.23. The van der Waals surface area contributed by atoms with E-state index in [9.17, 15) is 4.79 Å². The van der Waals surface area contributed by atoms with Gasteiger partial charge in [-0.3, -0.25) is 10.2 Å². The average molecular weight is 368 g/mol. The zero-order valence-corrected chi connectivity index (χ0v) is 16.1. The fraction of sp³-hybridized carbons (Fsp3) is 0.350. The Morgan fingerprint density at radius 3 is 2.56 bits per heavy atom. The predicted molar refractivity (Wildman–Crippen MR) is 111 cm³/mol. The lowest BCUT2D eigenvalue weighted by Gasteiger charge is -2.30. The molecule has 0 spiro atoms. The third-order valence-electron chi connectivity index (χ3n) is 4.50. The number of hydrogen-bond donors (Lipinski definition) is 5. The molecule has 5 N–H and O–H groups in total. The second kappa shape index (κ2) is 9.56. The zero-order valence-electron chi connectivity index (χ0n) is 16.1. The van der Waals surface area contributed by atoms with E-state index in [1.54, 1.807) is 11.8 Å². The Hall–Kier alpha value is -3.09. The van der Waals surface area contributed by atoms with Crippen molar-refractivity contribution in [3.63, 3.8) is 0 Å². The van der Waals surface area contributed by atoms with E-state index in [1.165, 1.54) is 6.21 Å². The van der Waals surface area contributed by atoms with E-state index in [1.807, 2.05) is 44.4 Å². The van der Waals surface area contributed by atoms with E-state index in [0.29, 0.717) is 19.5 Å². The van der Waals surface area contributed by atoms with Crippen LogP contribution in [0.1, 0.15) is 25.8 Å². The van der Waals surface area contributed by atoms with Crippen molar-refractivity contribution < 1.29 is 4.79 Å². The maximum Gasteiger partial charge on any atom is 0.219 e. The Morgan fingerprint density at radius 2 is 2.00 bits per heavy atom. The minimum absolute atomic E-state index is 0.0199. The van der Waals surface area contributed by atoms with E-state index >= 15 is 0 Å². The van der Waals surface area contributed by atoms with Gasteiger partial charge in [0.25, 0.3) is 0 Å². The second-order valence-corrected chi connectivity index (χ2v) is 6.28. The normalized spacial score (nSPS) is 14.6. The van der Waals surface area contributed by atoms with Crippen LogP contribution in [0.5, 0.6) is 0 Å². The lowest BCUT2D eigenvalue weighted by Crippen LogP contribution is -2.40. The molecule has 144 valence electrons. The molecule has 0 bridgehead atoms. The Kier molecular flexibility index (Phi) is 7.16. The van der Waals surface area contributed by atoms with Gasteiger partial charge in [-0.1, -0.05) is 12.1 Å². The van der Waals surface area contributed by atoms with Gasteiger partial charge in [-0.15, -0.1) is 0 Å². The van der Waals surface area contributed by atoms with E-state index in [4.69, 9.17) is 10.8 Å². The topological polar surface area (TPSA) is 104 Å². The van der Waals surface area contributed by atoms with Crippen LogP contribution in [0.25, 0.3) is 5.57 Å². The molecule has 1 amide bonds. The van der Waals surface area contributed by atoms with E-state index in [-0.39, 0.29) is 11.7 Å². The van der Waals surface area contributed by atoms with Crippen LogP contribution in [0.3, 0.4) is 0 Å². The number of nitrogens with zero attached hydrogens (tertiary/aromatic N) is 1. The number of amides is 1. The molecule has 27 heavy (non-hydrogen) atoms. The summed E-state index contributed by atoms with van der Waals surface area (Å²) in [7, 11) is 1.84. The SMILES string of the molecule is CCN/C=C(\C=N)c1ccc(NC(=N)C2=C(NC)CCN(C(C)=O)C2)cc1. The highest BCUT2D eigenvalue weighted by atomic mass is 16.2. The van der Waals surface area contributed by atoms with Crippen LogP contribution in [0.15, 0.2) is 41.7 Å².